The summed E-state index contributed by atoms with van der Waals surface area (Å²) in [4.78, 5) is 2.68. The fraction of sp³-hybridized carbons (Fsp3) is 0.0556. The second kappa shape index (κ2) is 7.71. The summed E-state index contributed by atoms with van der Waals surface area (Å²) in [5.74, 6) is 0. The maximum atomic E-state index is 2.41. The van der Waals surface area contributed by atoms with Gasteiger partial charge in [-0.1, -0.05) is 121 Å². The number of rotatable bonds is 2. The Balaban J connectivity index is 1.28. The molecule has 1 aliphatic carbocycles. The van der Waals surface area contributed by atoms with E-state index in [1.54, 1.807) is 0 Å². The quantitative estimate of drug-likeness (QED) is 0.233. The first-order valence-corrected chi connectivity index (χ1v) is 13.7. The topological polar surface area (TPSA) is 0 Å². The van der Waals surface area contributed by atoms with Crippen LogP contribution in [0.4, 0.5) is 0 Å². The van der Waals surface area contributed by atoms with Gasteiger partial charge in [0.05, 0.1) is 0 Å². The molecule has 6 aromatic rings. The van der Waals surface area contributed by atoms with Gasteiger partial charge in [-0.2, -0.15) is 0 Å². The van der Waals surface area contributed by atoms with E-state index in [1.165, 1.54) is 70.6 Å². The monoisotopic (exact) mass is 488 g/mol. The normalized spacial score (nSPS) is 16.8. The van der Waals surface area contributed by atoms with Gasteiger partial charge in [0.15, 0.2) is 0 Å². The van der Waals surface area contributed by atoms with Gasteiger partial charge in [-0.3, -0.25) is 0 Å². The molecule has 8 rings (SSSR count). The zero-order chi connectivity index (χ0) is 24.6. The molecule has 0 aromatic heterocycles. The number of hydrogen-bond donors (Lipinski definition) is 0. The molecule has 1 aliphatic heterocycles. The van der Waals surface area contributed by atoms with Gasteiger partial charge in [-0.25, -0.2) is 0 Å². The summed E-state index contributed by atoms with van der Waals surface area (Å²) < 4.78 is 0. The lowest BCUT2D eigenvalue weighted by molar-refractivity contribution is 0.714. The first-order chi connectivity index (χ1) is 18.2. The molecule has 6 aromatic carbocycles. The van der Waals surface area contributed by atoms with E-state index in [4.69, 9.17) is 0 Å². The van der Waals surface area contributed by atoms with Gasteiger partial charge in [0.1, 0.15) is 0 Å². The molecule has 0 bridgehead atoms. The zero-order valence-electron chi connectivity index (χ0n) is 20.5. The van der Waals surface area contributed by atoms with Crippen molar-refractivity contribution in [2.75, 3.05) is 0 Å². The van der Waals surface area contributed by atoms with Crippen LogP contribution in [0.3, 0.4) is 0 Å². The lowest BCUT2D eigenvalue weighted by Crippen LogP contribution is -2.22. The van der Waals surface area contributed by atoms with Crippen LogP contribution in [-0.2, 0) is 5.41 Å². The molecule has 0 amide bonds. The van der Waals surface area contributed by atoms with Gasteiger partial charge >= 0.3 is 0 Å². The Kier molecular flexibility index (Phi) is 4.39. The Morgan fingerprint density at radius 1 is 0.486 bits per heavy atom. The summed E-state index contributed by atoms with van der Waals surface area (Å²) in [7, 11) is 0. The van der Waals surface area contributed by atoms with Crippen molar-refractivity contribution in [2.45, 2.75) is 22.1 Å². The van der Waals surface area contributed by atoms with E-state index in [2.05, 4.69) is 134 Å². The molecular weight excluding hydrogens is 464 g/mol. The van der Waals surface area contributed by atoms with Gasteiger partial charge in [0, 0.05) is 20.6 Å². The molecule has 1 heteroatoms. The number of benzene rings is 6. The smallest absolute Gasteiger partial charge is 0.0435 e. The zero-order valence-corrected chi connectivity index (χ0v) is 21.3. The fourth-order valence-corrected chi connectivity index (χ4v) is 7.69. The van der Waals surface area contributed by atoms with E-state index in [0.717, 1.165) is 0 Å². The van der Waals surface area contributed by atoms with E-state index >= 15 is 0 Å². The minimum Gasteiger partial charge on any atom is -0.0888 e. The van der Waals surface area contributed by atoms with Crippen LogP contribution >= 0.6 is 11.8 Å². The highest BCUT2D eigenvalue weighted by molar-refractivity contribution is 7.99. The van der Waals surface area contributed by atoms with Crippen LogP contribution in [-0.4, -0.2) is 0 Å². The summed E-state index contributed by atoms with van der Waals surface area (Å²) in [5.41, 5.74) is 11.9. The van der Waals surface area contributed by atoms with Crippen molar-refractivity contribution in [3.63, 3.8) is 0 Å². The van der Waals surface area contributed by atoms with Gasteiger partial charge in [-0.15, -0.1) is 0 Å². The van der Waals surface area contributed by atoms with E-state index in [-0.39, 0.29) is 5.41 Å². The van der Waals surface area contributed by atoms with E-state index < -0.39 is 0 Å². The van der Waals surface area contributed by atoms with Gasteiger partial charge < -0.3 is 0 Å². The second-order valence-electron chi connectivity index (χ2n) is 10.3. The summed E-state index contributed by atoms with van der Waals surface area (Å²) in [6.45, 7) is 2.38. The summed E-state index contributed by atoms with van der Waals surface area (Å²) in [6, 6.07) is 47.2. The molecule has 0 N–H and O–H groups in total. The number of fused-ring (bicyclic) bond motifs is 5. The molecule has 37 heavy (non-hydrogen) atoms. The Labute approximate surface area is 221 Å². The van der Waals surface area contributed by atoms with E-state index in [1.807, 2.05) is 11.8 Å². The van der Waals surface area contributed by atoms with Gasteiger partial charge in [-0.05, 0) is 80.6 Å². The maximum absolute atomic E-state index is 2.41. The molecule has 0 fully saturated rings. The van der Waals surface area contributed by atoms with Crippen LogP contribution in [0.25, 0.3) is 44.2 Å². The van der Waals surface area contributed by atoms with Crippen molar-refractivity contribution < 1.29 is 0 Å². The summed E-state index contributed by atoms with van der Waals surface area (Å²) in [5, 5.41) is 2.69. The van der Waals surface area contributed by atoms with E-state index in [0.29, 0.717) is 0 Å². The van der Waals surface area contributed by atoms with Crippen molar-refractivity contribution >= 4 is 22.5 Å². The molecule has 174 valence electrons. The number of hydrogen-bond acceptors (Lipinski definition) is 1. The van der Waals surface area contributed by atoms with Crippen molar-refractivity contribution in [3.05, 3.63) is 144 Å². The van der Waals surface area contributed by atoms with Crippen LogP contribution in [0, 0.1) is 0 Å². The average Bonchev–Trinajstić information content (AvgIpc) is 3.22. The third-order valence-corrected chi connectivity index (χ3v) is 9.47. The molecule has 2 aliphatic rings. The highest BCUT2D eigenvalue weighted by atomic mass is 32.2. The van der Waals surface area contributed by atoms with Crippen molar-refractivity contribution in [1.82, 2.24) is 0 Å². The summed E-state index contributed by atoms with van der Waals surface area (Å²) >= 11 is 1.89. The predicted molar refractivity (Wildman–Crippen MR) is 156 cm³/mol. The minimum absolute atomic E-state index is 0.153. The van der Waals surface area contributed by atoms with Crippen LogP contribution in [0.1, 0.15) is 23.6 Å². The van der Waals surface area contributed by atoms with Gasteiger partial charge in [0.25, 0.3) is 0 Å². The summed E-state index contributed by atoms with van der Waals surface area (Å²) in [6.07, 6.45) is 0. The van der Waals surface area contributed by atoms with Crippen LogP contribution in [0.15, 0.2) is 137 Å². The molecule has 1 unspecified atom stereocenters. The predicted octanol–water partition coefficient (Wildman–Crippen LogP) is 9.97. The molecule has 0 saturated heterocycles. The molecule has 0 nitrogen and oxygen atoms in total. The maximum Gasteiger partial charge on any atom is 0.0435 e. The minimum atomic E-state index is -0.153. The van der Waals surface area contributed by atoms with Gasteiger partial charge in [0.2, 0.25) is 0 Å². The lowest BCUT2D eigenvalue weighted by Gasteiger charge is -2.28. The van der Waals surface area contributed by atoms with Crippen LogP contribution < -0.4 is 0 Å². The highest BCUT2D eigenvalue weighted by Crippen LogP contribution is 2.53. The first kappa shape index (κ1) is 21.1. The molecule has 0 saturated carbocycles. The standard InChI is InChI=1S/C36H24S/c1-36(26-11-3-2-4-12-26)31-15-6-5-13-27(31)30-21-24(18-20-32(30)36)25-17-19-28-29-14-7-9-23-10-8-16-33(35(23)29)37-34(28)22-25/h2-22H,1H3. The fourth-order valence-electron chi connectivity index (χ4n) is 6.51. The lowest BCUT2D eigenvalue weighted by atomic mass is 9.74. The average molecular weight is 489 g/mol. The van der Waals surface area contributed by atoms with Crippen molar-refractivity contribution in [2.24, 2.45) is 0 Å². The third-order valence-electron chi connectivity index (χ3n) is 8.36. The van der Waals surface area contributed by atoms with Crippen molar-refractivity contribution in [3.8, 4) is 33.4 Å². The van der Waals surface area contributed by atoms with Crippen LogP contribution in [0.2, 0.25) is 0 Å². The molecule has 0 spiro atoms. The largest absolute Gasteiger partial charge is 0.0888 e. The Morgan fingerprint density at radius 3 is 2.08 bits per heavy atom. The highest BCUT2D eigenvalue weighted by Gasteiger charge is 2.40. The molecule has 0 radical (unpaired) electrons. The Bertz CT molecular complexity index is 1860. The van der Waals surface area contributed by atoms with E-state index in [9.17, 15) is 0 Å². The molecular formula is C36H24S. The Hall–Kier alpha value is -4.07. The molecule has 1 heterocycles. The molecule has 1 atom stereocenters. The Morgan fingerprint density at radius 2 is 1.19 bits per heavy atom. The first-order valence-electron chi connectivity index (χ1n) is 12.9. The third kappa shape index (κ3) is 2.92. The SMILES string of the molecule is CC1(c2ccccc2)c2ccccc2-c2cc(-c3ccc4c(c3)Sc3cccc5cccc-4c35)ccc21. The van der Waals surface area contributed by atoms with Crippen LogP contribution in [0.5, 0.6) is 0 Å². The second-order valence-corrected chi connectivity index (χ2v) is 11.4. The van der Waals surface area contributed by atoms with Crippen molar-refractivity contribution in [1.29, 1.82) is 0 Å².